The Kier molecular flexibility index (Phi) is 4.10. The fourth-order valence-corrected chi connectivity index (χ4v) is 2.26. The normalized spacial score (nSPS) is 14.7. The predicted molar refractivity (Wildman–Crippen MR) is 85.8 cm³/mol. The van der Waals surface area contributed by atoms with E-state index >= 15 is 0 Å². The molecule has 0 aliphatic carbocycles. The van der Waals surface area contributed by atoms with Crippen LogP contribution in [0.5, 0.6) is 0 Å². The van der Waals surface area contributed by atoms with Crippen LogP contribution in [0.2, 0.25) is 0 Å². The van der Waals surface area contributed by atoms with Crippen LogP contribution in [0.3, 0.4) is 0 Å². The molecule has 0 spiro atoms. The highest BCUT2D eigenvalue weighted by Crippen LogP contribution is 2.26. The molecule has 2 aromatic heterocycles. The summed E-state index contributed by atoms with van der Waals surface area (Å²) in [5.41, 5.74) is 2.80. The van der Waals surface area contributed by atoms with Crippen molar-refractivity contribution in [1.29, 1.82) is 0 Å². The van der Waals surface area contributed by atoms with E-state index in [0.717, 1.165) is 11.1 Å². The van der Waals surface area contributed by atoms with Crippen LogP contribution in [0.25, 0.3) is 11.1 Å². The Morgan fingerprint density at radius 2 is 2.00 bits per heavy atom. The first-order valence-corrected chi connectivity index (χ1v) is 7.24. The molecule has 0 radical (unpaired) electrons. The highest BCUT2D eigenvalue weighted by Gasteiger charge is 2.30. The lowest BCUT2D eigenvalue weighted by atomic mass is 9.89. The first kappa shape index (κ1) is 15.2. The van der Waals surface area contributed by atoms with E-state index in [2.05, 4.69) is 40.6 Å². The third kappa shape index (κ3) is 3.39. The summed E-state index contributed by atoms with van der Waals surface area (Å²) < 4.78 is 18.7. The summed E-state index contributed by atoms with van der Waals surface area (Å²) in [6, 6.07) is 3.26. The van der Waals surface area contributed by atoms with Gasteiger partial charge in [0, 0.05) is 41.3 Å². The van der Waals surface area contributed by atoms with Gasteiger partial charge in [-0.15, -0.1) is 5.92 Å². The van der Waals surface area contributed by atoms with Gasteiger partial charge in [0.2, 0.25) is 5.95 Å². The average Bonchev–Trinajstić information content (AvgIpc) is 2.53. The number of hydrogen-bond donors (Lipinski definition) is 0. The Morgan fingerprint density at radius 3 is 2.70 bits per heavy atom. The molecule has 0 saturated carbocycles. The van der Waals surface area contributed by atoms with Gasteiger partial charge in [-0.25, -0.2) is 4.98 Å². The van der Waals surface area contributed by atoms with Crippen LogP contribution in [0.1, 0.15) is 25.0 Å². The number of rotatable bonds is 1. The molecule has 3 nitrogen and oxygen atoms in total. The molecule has 23 heavy (non-hydrogen) atoms. The fourth-order valence-electron chi connectivity index (χ4n) is 2.26. The van der Waals surface area contributed by atoms with Crippen molar-refractivity contribution in [3.63, 3.8) is 0 Å². The van der Waals surface area contributed by atoms with Crippen LogP contribution >= 0.6 is 0 Å². The van der Waals surface area contributed by atoms with E-state index in [1.165, 1.54) is 12.3 Å². The maximum atomic E-state index is 13.5. The maximum absolute atomic E-state index is 13.5. The van der Waals surface area contributed by atoms with Crippen molar-refractivity contribution >= 4 is 0 Å². The number of nitrogens with zero attached hydrogens (tertiary/aromatic N) is 2. The van der Waals surface area contributed by atoms with Crippen LogP contribution < -0.4 is 0 Å². The Hall–Kier alpha value is -2.69. The standard InChI is InChI=1S/C19H15FN2O/c1-3-4-15-11-22-18(20)8-17(15)16-7-14(9-21-10-16)5-6-19(2)12-23-13-19/h7-11H,12-13H2,1-2H3. The topological polar surface area (TPSA) is 35.0 Å². The third-order valence-electron chi connectivity index (χ3n) is 3.53. The highest BCUT2D eigenvalue weighted by molar-refractivity contribution is 5.71. The number of pyridine rings is 2. The summed E-state index contributed by atoms with van der Waals surface area (Å²) in [5, 5.41) is 0. The molecule has 114 valence electrons. The molecular formula is C19H15FN2O. The van der Waals surface area contributed by atoms with Crippen molar-refractivity contribution in [3.05, 3.63) is 47.8 Å². The lowest BCUT2D eigenvalue weighted by Gasteiger charge is -2.32. The number of aromatic nitrogens is 2. The second kappa shape index (κ2) is 6.20. The van der Waals surface area contributed by atoms with Crippen molar-refractivity contribution in [3.8, 4) is 34.8 Å². The van der Waals surface area contributed by atoms with Crippen LogP contribution in [-0.4, -0.2) is 23.2 Å². The smallest absolute Gasteiger partial charge is 0.213 e. The first-order valence-electron chi connectivity index (χ1n) is 7.24. The highest BCUT2D eigenvalue weighted by atomic mass is 19.1. The first-order chi connectivity index (χ1) is 11.1. The molecule has 3 rings (SSSR count). The van der Waals surface area contributed by atoms with E-state index in [9.17, 15) is 4.39 Å². The molecule has 0 aromatic carbocycles. The fraction of sp³-hybridized carbons (Fsp3) is 0.263. The second-order valence-electron chi connectivity index (χ2n) is 5.69. The summed E-state index contributed by atoms with van der Waals surface area (Å²) in [6.07, 6.45) is 4.81. The molecule has 1 saturated heterocycles. The Bertz CT molecular complexity index is 864. The van der Waals surface area contributed by atoms with E-state index in [0.29, 0.717) is 24.3 Å². The van der Waals surface area contributed by atoms with Gasteiger partial charge in [-0.2, -0.15) is 4.39 Å². The molecule has 1 fully saturated rings. The molecule has 1 aliphatic heterocycles. The van der Waals surface area contributed by atoms with Crippen LogP contribution in [0, 0.1) is 35.0 Å². The molecule has 2 aromatic rings. The lowest BCUT2D eigenvalue weighted by Crippen LogP contribution is -2.38. The van der Waals surface area contributed by atoms with Gasteiger partial charge < -0.3 is 4.74 Å². The summed E-state index contributed by atoms with van der Waals surface area (Å²) in [4.78, 5) is 7.87. The largest absolute Gasteiger partial charge is 0.378 e. The zero-order valence-electron chi connectivity index (χ0n) is 13.0. The zero-order valence-corrected chi connectivity index (χ0v) is 13.0. The minimum Gasteiger partial charge on any atom is -0.378 e. The number of ether oxygens (including phenoxy) is 1. The van der Waals surface area contributed by atoms with Crippen LogP contribution in [0.15, 0.2) is 30.7 Å². The second-order valence-corrected chi connectivity index (χ2v) is 5.69. The molecule has 0 atom stereocenters. The van der Waals surface area contributed by atoms with Gasteiger partial charge in [0.05, 0.1) is 24.2 Å². The van der Waals surface area contributed by atoms with Crippen molar-refractivity contribution in [2.75, 3.05) is 13.2 Å². The summed E-state index contributed by atoms with van der Waals surface area (Å²) in [5.74, 6) is 11.5. The van der Waals surface area contributed by atoms with E-state index in [1.807, 2.05) is 6.07 Å². The Morgan fingerprint density at radius 1 is 1.17 bits per heavy atom. The minimum absolute atomic E-state index is 0.0857. The van der Waals surface area contributed by atoms with Crippen molar-refractivity contribution in [2.45, 2.75) is 13.8 Å². The summed E-state index contributed by atoms with van der Waals surface area (Å²) >= 11 is 0. The molecule has 0 amide bonds. The SMILES string of the molecule is CC#Cc1cnc(F)cc1-c1cncc(C#CC2(C)COC2)c1. The molecule has 0 unspecified atom stereocenters. The quantitative estimate of drug-likeness (QED) is 0.600. The van der Waals surface area contributed by atoms with Crippen LogP contribution in [-0.2, 0) is 4.74 Å². The molecule has 3 heterocycles. The van der Waals surface area contributed by atoms with Crippen molar-refractivity contribution < 1.29 is 9.13 Å². The summed E-state index contributed by atoms with van der Waals surface area (Å²) in [7, 11) is 0. The van der Waals surface area contributed by atoms with Gasteiger partial charge in [0.1, 0.15) is 0 Å². The Balaban J connectivity index is 1.99. The van der Waals surface area contributed by atoms with Gasteiger partial charge in [0.25, 0.3) is 0 Å². The molecule has 0 N–H and O–H groups in total. The maximum Gasteiger partial charge on any atom is 0.213 e. The molecule has 4 heteroatoms. The van der Waals surface area contributed by atoms with Gasteiger partial charge >= 0.3 is 0 Å². The van der Waals surface area contributed by atoms with Crippen molar-refractivity contribution in [2.24, 2.45) is 5.41 Å². The molecular weight excluding hydrogens is 291 g/mol. The number of hydrogen-bond acceptors (Lipinski definition) is 3. The minimum atomic E-state index is -0.544. The van der Waals surface area contributed by atoms with E-state index in [1.54, 1.807) is 19.3 Å². The third-order valence-corrected chi connectivity index (χ3v) is 3.53. The lowest BCUT2D eigenvalue weighted by molar-refractivity contribution is -0.0648. The average molecular weight is 306 g/mol. The number of halogens is 1. The Labute approximate surface area is 134 Å². The zero-order chi connectivity index (χ0) is 16.3. The van der Waals surface area contributed by atoms with E-state index in [4.69, 9.17) is 4.74 Å². The van der Waals surface area contributed by atoms with Gasteiger partial charge in [0.15, 0.2) is 0 Å². The van der Waals surface area contributed by atoms with Gasteiger partial charge in [-0.1, -0.05) is 17.8 Å². The molecule has 1 aliphatic rings. The summed E-state index contributed by atoms with van der Waals surface area (Å²) in [6.45, 7) is 5.10. The van der Waals surface area contributed by atoms with Gasteiger partial charge in [-0.3, -0.25) is 4.98 Å². The monoisotopic (exact) mass is 306 g/mol. The molecule has 0 bridgehead atoms. The van der Waals surface area contributed by atoms with Crippen molar-refractivity contribution in [1.82, 2.24) is 9.97 Å². The van der Waals surface area contributed by atoms with E-state index in [-0.39, 0.29) is 5.41 Å². The van der Waals surface area contributed by atoms with Crippen LogP contribution in [0.4, 0.5) is 4.39 Å². The van der Waals surface area contributed by atoms with Gasteiger partial charge in [-0.05, 0) is 19.9 Å². The van der Waals surface area contributed by atoms with E-state index < -0.39 is 5.95 Å². The predicted octanol–water partition coefficient (Wildman–Crippen LogP) is 3.04.